The average molecular weight is 921 g/mol. The number of hydrogen-bond donors (Lipinski definition) is 1. The highest BCUT2D eigenvalue weighted by Crippen LogP contribution is 2.47. The van der Waals surface area contributed by atoms with E-state index in [-0.39, 0.29) is 27.4 Å². The van der Waals surface area contributed by atoms with E-state index in [0.29, 0.717) is 39.9 Å². The van der Waals surface area contributed by atoms with E-state index in [1.807, 2.05) is 6.07 Å². The lowest BCUT2D eigenvalue weighted by molar-refractivity contribution is 0.411. The zero-order valence-electron chi connectivity index (χ0n) is 43.8. The molecule has 0 aliphatic rings. The molecule has 0 spiro atoms. The van der Waals surface area contributed by atoms with Crippen molar-refractivity contribution in [2.75, 3.05) is 0 Å². The predicted octanol–water partition coefficient (Wildman–Crippen LogP) is 17.8. The van der Waals surface area contributed by atoms with Gasteiger partial charge in [-0.15, -0.1) is 0 Å². The van der Waals surface area contributed by atoms with E-state index in [1.54, 1.807) is 6.20 Å². The second-order valence-corrected chi connectivity index (χ2v) is 23.5. The van der Waals surface area contributed by atoms with Crippen molar-refractivity contribution in [1.82, 2.24) is 14.5 Å². The number of nitrogens with zero attached hydrogens (tertiary/aromatic N) is 3. The summed E-state index contributed by atoms with van der Waals surface area (Å²) in [5.41, 5.74) is 14.4. The number of fused-ring (bicyclic) bond motifs is 3. The summed E-state index contributed by atoms with van der Waals surface area (Å²) >= 11 is 0. The van der Waals surface area contributed by atoms with Gasteiger partial charge >= 0.3 is 0 Å². The Bertz CT molecular complexity index is 3660. The number of phenols is 1. The maximum absolute atomic E-state index is 12.6. The molecule has 1 N–H and O–H groups in total. The van der Waals surface area contributed by atoms with Gasteiger partial charge in [-0.3, -0.25) is 9.55 Å². The van der Waals surface area contributed by atoms with Gasteiger partial charge in [0.1, 0.15) is 23.0 Å². The van der Waals surface area contributed by atoms with Crippen LogP contribution >= 0.6 is 0 Å². The number of furan rings is 1. The first-order chi connectivity index (χ1) is 33.5. The molecule has 0 unspecified atom stereocenters. The van der Waals surface area contributed by atoms with Crippen molar-refractivity contribution in [2.24, 2.45) is 5.41 Å². The second-order valence-electron chi connectivity index (χ2n) is 23.5. The van der Waals surface area contributed by atoms with E-state index >= 15 is 0 Å². The van der Waals surface area contributed by atoms with E-state index in [1.165, 1.54) is 11.1 Å². The van der Waals surface area contributed by atoms with Gasteiger partial charge in [-0.25, -0.2) is 4.98 Å². The minimum atomic E-state index is -0.353. The van der Waals surface area contributed by atoms with Gasteiger partial charge in [-0.1, -0.05) is 186 Å². The number of aromatic hydroxyl groups is 1. The standard InChI is InChI=1S/C65H65N3O2/c1-62(2,3)39-40-25-27-42(28-26-40)56-35-44-31-32-66-57(60(44)70-56)45-33-43-21-16-17-22-48(43)51(34-45)49-23-18-24-55-58(49)67-61(52-37-47(64(7,8)9)38-53(59(52)69)65(10,11)12)68(55)54-30-29-46(63(4,5)6)36-50(54)41-19-14-13-15-20-41/h13-38,69H,39H2,1-12H3/i35D. The molecule has 0 saturated heterocycles. The molecule has 10 aromatic rings. The van der Waals surface area contributed by atoms with E-state index in [0.717, 1.165) is 78.4 Å². The Morgan fingerprint density at radius 3 is 1.97 bits per heavy atom. The fraction of sp³-hybridized carbons (Fsp3) is 0.262. The Hall–Kier alpha value is -7.24. The molecule has 0 atom stereocenters. The van der Waals surface area contributed by atoms with Crippen molar-refractivity contribution in [3.63, 3.8) is 0 Å². The average Bonchev–Trinajstić information content (AvgIpc) is 3.88. The number of pyridine rings is 1. The van der Waals surface area contributed by atoms with Gasteiger partial charge in [-0.2, -0.15) is 0 Å². The maximum atomic E-state index is 12.6. The Balaban J connectivity index is 1.25. The van der Waals surface area contributed by atoms with Gasteiger partial charge < -0.3 is 9.52 Å². The van der Waals surface area contributed by atoms with Crippen LogP contribution in [0.3, 0.4) is 0 Å². The largest absolute Gasteiger partial charge is 0.507 e. The molecule has 10 rings (SSSR count). The summed E-state index contributed by atoms with van der Waals surface area (Å²) in [7, 11) is 0. The summed E-state index contributed by atoms with van der Waals surface area (Å²) in [6.07, 6.45) is 2.74. The van der Waals surface area contributed by atoms with Crippen LogP contribution in [0.25, 0.3) is 94.7 Å². The molecule has 7 aromatic carbocycles. The first-order valence-electron chi connectivity index (χ1n) is 25.2. The summed E-state index contributed by atoms with van der Waals surface area (Å²) in [5, 5.41) is 15.5. The van der Waals surface area contributed by atoms with Crippen molar-refractivity contribution in [3.8, 4) is 67.7 Å². The predicted molar refractivity (Wildman–Crippen MR) is 294 cm³/mol. The molecule has 3 heterocycles. The van der Waals surface area contributed by atoms with Crippen LogP contribution < -0.4 is 0 Å². The normalized spacial score (nSPS) is 12.9. The fourth-order valence-corrected chi connectivity index (χ4v) is 9.89. The quantitative estimate of drug-likeness (QED) is 0.173. The van der Waals surface area contributed by atoms with Crippen LogP contribution in [0.1, 0.15) is 107 Å². The van der Waals surface area contributed by atoms with Crippen LogP contribution in [0.5, 0.6) is 5.75 Å². The van der Waals surface area contributed by atoms with Crippen molar-refractivity contribution < 1.29 is 10.9 Å². The third-order valence-corrected chi connectivity index (χ3v) is 13.6. The second kappa shape index (κ2) is 17.0. The zero-order valence-corrected chi connectivity index (χ0v) is 42.8. The molecule has 0 fully saturated rings. The molecule has 3 aromatic heterocycles. The molecule has 0 amide bonds. The lowest BCUT2D eigenvalue weighted by Gasteiger charge is -2.28. The molecule has 0 radical (unpaired) electrons. The molecule has 0 aliphatic heterocycles. The number of imidazole rings is 1. The van der Waals surface area contributed by atoms with Crippen molar-refractivity contribution in [1.29, 1.82) is 0 Å². The Morgan fingerprint density at radius 2 is 1.27 bits per heavy atom. The van der Waals surface area contributed by atoms with Crippen LogP contribution in [-0.4, -0.2) is 19.6 Å². The number of benzene rings is 7. The summed E-state index contributed by atoms with van der Waals surface area (Å²) in [6, 6.07) is 51.6. The molecular formula is C65H65N3O2. The smallest absolute Gasteiger partial charge is 0.161 e. The first-order valence-corrected chi connectivity index (χ1v) is 24.7. The summed E-state index contributed by atoms with van der Waals surface area (Å²) in [5.74, 6) is 1.42. The number of rotatable bonds is 7. The third-order valence-electron chi connectivity index (χ3n) is 13.6. The first kappa shape index (κ1) is 45.2. The number of hydrogen-bond acceptors (Lipinski definition) is 4. The van der Waals surface area contributed by atoms with E-state index in [4.69, 9.17) is 14.4 Å². The van der Waals surface area contributed by atoms with Gasteiger partial charge in [-0.05, 0) is 115 Å². The van der Waals surface area contributed by atoms with Gasteiger partial charge in [0, 0.05) is 39.4 Å². The zero-order chi connectivity index (χ0) is 50.4. The monoisotopic (exact) mass is 921 g/mol. The van der Waals surface area contributed by atoms with Gasteiger partial charge in [0.15, 0.2) is 5.58 Å². The molecule has 70 heavy (non-hydrogen) atoms. The van der Waals surface area contributed by atoms with Crippen LogP contribution in [0, 0.1) is 5.41 Å². The lowest BCUT2D eigenvalue weighted by Crippen LogP contribution is -2.17. The minimum absolute atomic E-state index is 0.0990. The topological polar surface area (TPSA) is 64.1 Å². The van der Waals surface area contributed by atoms with E-state index < -0.39 is 0 Å². The fourth-order valence-electron chi connectivity index (χ4n) is 9.89. The maximum Gasteiger partial charge on any atom is 0.161 e. The Kier molecular flexibility index (Phi) is 11.0. The molecular weight excluding hydrogens is 855 g/mol. The SMILES string of the molecule is [2H]c1c(-c2ccc(CC(C)(C)C)cc2)oc2c(-c3cc(-c4cccc5c4nc(-c4cc(C(C)(C)C)cc(C(C)(C)C)c4O)n5-c4ccc(C(C)(C)C)cc4-c4ccccc4)c4ccccc4c3)nccc12. The lowest BCUT2D eigenvalue weighted by atomic mass is 9.79. The van der Waals surface area contributed by atoms with Gasteiger partial charge in [0.2, 0.25) is 0 Å². The summed E-state index contributed by atoms with van der Waals surface area (Å²) in [6.45, 7) is 26.6. The molecule has 0 aliphatic carbocycles. The molecule has 352 valence electrons. The highest BCUT2D eigenvalue weighted by Gasteiger charge is 2.30. The third kappa shape index (κ3) is 8.72. The molecule has 0 bridgehead atoms. The van der Waals surface area contributed by atoms with Gasteiger partial charge in [0.25, 0.3) is 0 Å². The minimum Gasteiger partial charge on any atom is -0.507 e. The highest BCUT2D eigenvalue weighted by atomic mass is 16.3. The summed E-state index contributed by atoms with van der Waals surface area (Å²) < 4.78 is 18.3. The molecule has 5 heteroatoms. The van der Waals surface area contributed by atoms with Crippen molar-refractivity contribution >= 4 is 32.8 Å². The molecule has 5 nitrogen and oxygen atoms in total. The van der Waals surface area contributed by atoms with Gasteiger partial charge in [0.05, 0.1) is 23.7 Å². The van der Waals surface area contributed by atoms with Crippen LogP contribution in [0.4, 0.5) is 0 Å². The highest BCUT2D eigenvalue weighted by molar-refractivity contribution is 6.08. The van der Waals surface area contributed by atoms with Crippen LogP contribution in [0.2, 0.25) is 0 Å². The Morgan fingerprint density at radius 1 is 0.571 bits per heavy atom. The molecule has 0 saturated carbocycles. The number of para-hydroxylation sites is 1. The van der Waals surface area contributed by atoms with E-state index in [2.05, 4.69) is 227 Å². The van der Waals surface area contributed by atoms with Crippen molar-refractivity contribution in [2.45, 2.75) is 106 Å². The summed E-state index contributed by atoms with van der Waals surface area (Å²) in [4.78, 5) is 10.7. The van der Waals surface area contributed by atoms with E-state index in [9.17, 15) is 6.48 Å². The van der Waals surface area contributed by atoms with Crippen LogP contribution in [-0.2, 0) is 22.7 Å². The van der Waals surface area contributed by atoms with Crippen molar-refractivity contribution in [3.05, 3.63) is 180 Å². The number of aromatic nitrogens is 3. The Labute approximate surface area is 415 Å². The van der Waals surface area contributed by atoms with Crippen LogP contribution in [0.15, 0.2) is 162 Å². The number of phenolic OH excluding ortho intramolecular Hbond substituents is 1.